The molecule has 0 saturated heterocycles. The maximum absolute atomic E-state index is 12.2. The SMILES string of the molecule is C#CC(CC)(CC)NS(=O)(=O)c1cccc(Cl)c1. The summed E-state index contributed by atoms with van der Waals surface area (Å²) in [7, 11) is -3.65. The van der Waals surface area contributed by atoms with Gasteiger partial charge in [0.05, 0.1) is 10.4 Å². The Kier molecular flexibility index (Phi) is 4.80. The minimum absolute atomic E-state index is 0.122. The standard InChI is InChI=1S/C13H16ClNO2S/c1-4-13(5-2,6-3)15-18(16,17)12-9-7-8-11(14)10-12/h1,7-10,15H,5-6H2,2-3H3. The summed E-state index contributed by atoms with van der Waals surface area (Å²) in [4.78, 5) is 0.122. The Morgan fingerprint density at radius 2 is 2.00 bits per heavy atom. The van der Waals surface area contributed by atoms with Gasteiger partial charge in [0.15, 0.2) is 0 Å². The monoisotopic (exact) mass is 285 g/mol. The summed E-state index contributed by atoms with van der Waals surface area (Å²) in [5.74, 6) is 2.53. The Balaban J connectivity index is 3.13. The third-order valence-electron chi connectivity index (χ3n) is 2.92. The minimum Gasteiger partial charge on any atom is -0.207 e. The fraction of sp³-hybridized carbons (Fsp3) is 0.385. The molecule has 0 aliphatic heterocycles. The van der Waals surface area contributed by atoms with Gasteiger partial charge in [0.25, 0.3) is 0 Å². The number of sulfonamides is 1. The van der Waals surface area contributed by atoms with Crippen LogP contribution in [0, 0.1) is 12.3 Å². The molecule has 0 atom stereocenters. The summed E-state index contributed by atoms with van der Waals surface area (Å²) in [5.41, 5.74) is -0.846. The van der Waals surface area contributed by atoms with Crippen molar-refractivity contribution in [3.05, 3.63) is 29.3 Å². The summed E-state index contributed by atoms with van der Waals surface area (Å²) in [6.45, 7) is 3.70. The first-order valence-electron chi connectivity index (χ1n) is 5.66. The molecule has 0 fully saturated rings. The van der Waals surface area contributed by atoms with E-state index in [0.29, 0.717) is 17.9 Å². The highest BCUT2D eigenvalue weighted by Gasteiger charge is 2.30. The molecule has 1 rings (SSSR count). The van der Waals surface area contributed by atoms with Gasteiger partial charge >= 0.3 is 0 Å². The second-order valence-corrected chi connectivity index (χ2v) is 6.12. The van der Waals surface area contributed by atoms with Gasteiger partial charge in [-0.25, -0.2) is 8.42 Å². The molecular formula is C13H16ClNO2S. The second kappa shape index (κ2) is 5.75. The van der Waals surface area contributed by atoms with Crippen LogP contribution in [0.1, 0.15) is 26.7 Å². The lowest BCUT2D eigenvalue weighted by Crippen LogP contribution is -2.46. The van der Waals surface area contributed by atoms with Gasteiger partial charge in [0.2, 0.25) is 10.0 Å². The normalized spacial score (nSPS) is 12.1. The fourth-order valence-corrected chi connectivity index (χ4v) is 3.35. The molecule has 0 radical (unpaired) electrons. The van der Waals surface area contributed by atoms with E-state index in [2.05, 4.69) is 10.6 Å². The molecule has 0 aromatic heterocycles. The molecule has 0 aliphatic rings. The van der Waals surface area contributed by atoms with Gasteiger partial charge in [-0.05, 0) is 31.0 Å². The number of hydrogen-bond acceptors (Lipinski definition) is 2. The predicted molar refractivity (Wildman–Crippen MR) is 73.9 cm³/mol. The summed E-state index contributed by atoms with van der Waals surface area (Å²) in [5, 5.41) is 0.372. The summed E-state index contributed by atoms with van der Waals surface area (Å²) in [6, 6.07) is 6.10. The molecule has 3 nitrogen and oxygen atoms in total. The van der Waals surface area contributed by atoms with Crippen LogP contribution < -0.4 is 4.72 Å². The summed E-state index contributed by atoms with van der Waals surface area (Å²) in [6.07, 6.45) is 6.50. The zero-order valence-electron chi connectivity index (χ0n) is 10.4. The summed E-state index contributed by atoms with van der Waals surface area (Å²) >= 11 is 5.79. The van der Waals surface area contributed by atoms with Crippen LogP contribution in [0.2, 0.25) is 5.02 Å². The van der Waals surface area contributed by atoms with Gasteiger partial charge in [-0.1, -0.05) is 37.4 Å². The molecule has 0 saturated carbocycles. The van der Waals surface area contributed by atoms with Gasteiger partial charge in [-0.3, -0.25) is 0 Å². The maximum atomic E-state index is 12.2. The van der Waals surface area contributed by atoms with Gasteiger partial charge in [-0.15, -0.1) is 6.42 Å². The highest BCUT2D eigenvalue weighted by atomic mass is 35.5. The first kappa shape index (κ1) is 15.0. The topological polar surface area (TPSA) is 46.2 Å². The lowest BCUT2D eigenvalue weighted by molar-refractivity contribution is 0.451. The quantitative estimate of drug-likeness (QED) is 0.846. The van der Waals surface area contributed by atoms with E-state index in [9.17, 15) is 8.42 Å². The average molecular weight is 286 g/mol. The first-order valence-corrected chi connectivity index (χ1v) is 7.52. The molecule has 1 N–H and O–H groups in total. The number of hydrogen-bond donors (Lipinski definition) is 1. The molecule has 1 aromatic rings. The Labute approximate surface area is 114 Å². The van der Waals surface area contributed by atoms with Crippen LogP contribution in [0.25, 0.3) is 0 Å². The van der Waals surface area contributed by atoms with Crippen molar-refractivity contribution in [1.29, 1.82) is 0 Å². The number of benzene rings is 1. The van der Waals surface area contributed by atoms with E-state index in [1.54, 1.807) is 12.1 Å². The summed E-state index contributed by atoms with van der Waals surface area (Å²) < 4.78 is 27.0. The molecule has 98 valence electrons. The minimum atomic E-state index is -3.65. The molecule has 0 bridgehead atoms. The van der Waals surface area contributed by atoms with E-state index >= 15 is 0 Å². The second-order valence-electron chi connectivity index (χ2n) is 4.00. The number of halogens is 1. The van der Waals surface area contributed by atoms with E-state index in [1.807, 2.05) is 13.8 Å². The Bertz CT molecular complexity index is 557. The lowest BCUT2D eigenvalue weighted by atomic mass is 9.96. The highest BCUT2D eigenvalue weighted by Crippen LogP contribution is 2.20. The van der Waals surface area contributed by atoms with E-state index in [1.165, 1.54) is 12.1 Å². The van der Waals surface area contributed by atoms with E-state index in [-0.39, 0.29) is 4.90 Å². The molecule has 0 unspecified atom stereocenters. The van der Waals surface area contributed by atoms with Crippen molar-refractivity contribution in [1.82, 2.24) is 4.72 Å². The Morgan fingerprint density at radius 3 is 2.44 bits per heavy atom. The molecule has 5 heteroatoms. The number of rotatable bonds is 5. The first-order chi connectivity index (χ1) is 8.39. The molecular weight excluding hydrogens is 270 g/mol. The van der Waals surface area contributed by atoms with Crippen molar-refractivity contribution in [2.24, 2.45) is 0 Å². The molecule has 0 aliphatic carbocycles. The van der Waals surface area contributed by atoms with Crippen LogP contribution in [0.4, 0.5) is 0 Å². The predicted octanol–water partition coefficient (Wildman–Crippen LogP) is 2.81. The van der Waals surface area contributed by atoms with Crippen LogP contribution in [0.3, 0.4) is 0 Å². The number of nitrogens with one attached hydrogen (secondary N) is 1. The van der Waals surface area contributed by atoms with Crippen LogP contribution >= 0.6 is 11.6 Å². The van der Waals surface area contributed by atoms with Crippen LogP contribution in [-0.4, -0.2) is 14.0 Å². The van der Waals surface area contributed by atoms with E-state index in [4.69, 9.17) is 18.0 Å². The smallest absolute Gasteiger partial charge is 0.207 e. The van der Waals surface area contributed by atoms with Crippen molar-refractivity contribution < 1.29 is 8.42 Å². The van der Waals surface area contributed by atoms with Gasteiger partial charge < -0.3 is 0 Å². The van der Waals surface area contributed by atoms with Gasteiger partial charge in [0, 0.05) is 5.02 Å². The number of terminal acetylenes is 1. The van der Waals surface area contributed by atoms with Crippen LogP contribution in [0.5, 0.6) is 0 Å². The van der Waals surface area contributed by atoms with Crippen LogP contribution in [0.15, 0.2) is 29.2 Å². The van der Waals surface area contributed by atoms with Crippen molar-refractivity contribution in [2.45, 2.75) is 37.1 Å². The van der Waals surface area contributed by atoms with E-state index in [0.717, 1.165) is 0 Å². The molecule has 18 heavy (non-hydrogen) atoms. The Morgan fingerprint density at radius 1 is 1.39 bits per heavy atom. The Hall–Kier alpha value is -1.02. The molecule has 0 spiro atoms. The van der Waals surface area contributed by atoms with Gasteiger partial charge in [0.1, 0.15) is 0 Å². The van der Waals surface area contributed by atoms with Crippen LogP contribution in [-0.2, 0) is 10.0 Å². The molecule has 1 aromatic carbocycles. The van der Waals surface area contributed by atoms with Crippen molar-refractivity contribution in [3.63, 3.8) is 0 Å². The average Bonchev–Trinajstić information content (AvgIpc) is 2.36. The van der Waals surface area contributed by atoms with Gasteiger partial charge in [-0.2, -0.15) is 4.72 Å². The largest absolute Gasteiger partial charge is 0.241 e. The third kappa shape index (κ3) is 3.26. The van der Waals surface area contributed by atoms with Crippen molar-refractivity contribution >= 4 is 21.6 Å². The maximum Gasteiger partial charge on any atom is 0.241 e. The fourth-order valence-electron chi connectivity index (χ4n) is 1.58. The van der Waals surface area contributed by atoms with Crippen molar-refractivity contribution in [2.75, 3.05) is 0 Å². The third-order valence-corrected chi connectivity index (χ3v) is 4.69. The zero-order valence-corrected chi connectivity index (χ0v) is 12.0. The van der Waals surface area contributed by atoms with E-state index < -0.39 is 15.6 Å². The van der Waals surface area contributed by atoms with Crippen molar-refractivity contribution in [3.8, 4) is 12.3 Å². The zero-order chi connectivity index (χ0) is 13.8. The highest BCUT2D eigenvalue weighted by molar-refractivity contribution is 7.89. The molecule has 0 amide bonds. The molecule has 0 heterocycles. The lowest BCUT2D eigenvalue weighted by Gasteiger charge is -2.26.